The van der Waals surface area contributed by atoms with E-state index in [1.54, 1.807) is 4.57 Å². The van der Waals surface area contributed by atoms with E-state index in [4.69, 9.17) is 4.98 Å². The number of nitrogens with zero attached hydrogens (tertiary/aromatic N) is 2. The SMILES string of the molecule is O=C(CSc1nc2cc(-c3ccccc3)[nH]c2c(=O)n1Cc1ccccc1)NCc1ccccc1. The number of amides is 1. The third kappa shape index (κ3) is 5.36. The van der Waals surface area contributed by atoms with Crippen molar-refractivity contribution in [3.63, 3.8) is 0 Å². The minimum Gasteiger partial charge on any atom is -0.351 e. The molecule has 0 fully saturated rings. The molecular formula is C28H24N4O2S. The summed E-state index contributed by atoms with van der Waals surface area (Å²) in [7, 11) is 0. The average molecular weight is 481 g/mol. The predicted octanol–water partition coefficient (Wildman–Crippen LogP) is 4.85. The molecule has 0 saturated heterocycles. The van der Waals surface area contributed by atoms with E-state index >= 15 is 0 Å². The van der Waals surface area contributed by atoms with Gasteiger partial charge < -0.3 is 10.3 Å². The molecule has 0 aliphatic carbocycles. The van der Waals surface area contributed by atoms with Gasteiger partial charge in [-0.25, -0.2) is 4.98 Å². The number of carbonyl (C=O) groups is 1. The van der Waals surface area contributed by atoms with E-state index in [1.165, 1.54) is 11.8 Å². The Labute approximate surface area is 207 Å². The first-order valence-corrected chi connectivity index (χ1v) is 12.3. The number of rotatable bonds is 8. The van der Waals surface area contributed by atoms with Crippen LogP contribution in [0.2, 0.25) is 0 Å². The molecule has 0 aliphatic heterocycles. The molecule has 174 valence electrons. The van der Waals surface area contributed by atoms with E-state index in [0.29, 0.717) is 29.3 Å². The topological polar surface area (TPSA) is 79.8 Å². The van der Waals surface area contributed by atoms with Crippen molar-refractivity contribution in [1.29, 1.82) is 0 Å². The number of hydrogen-bond donors (Lipinski definition) is 2. The molecule has 2 N–H and O–H groups in total. The number of aromatic nitrogens is 3. The Kier molecular flexibility index (Phi) is 6.77. The molecule has 0 aliphatic rings. The second-order valence-corrected chi connectivity index (χ2v) is 9.07. The fraction of sp³-hybridized carbons (Fsp3) is 0.107. The number of nitrogens with one attached hydrogen (secondary N) is 2. The summed E-state index contributed by atoms with van der Waals surface area (Å²) in [6.45, 7) is 0.831. The molecule has 2 heterocycles. The molecule has 0 unspecified atom stereocenters. The van der Waals surface area contributed by atoms with Crippen molar-refractivity contribution in [2.24, 2.45) is 0 Å². The number of thioether (sulfide) groups is 1. The van der Waals surface area contributed by atoms with Crippen LogP contribution in [0.25, 0.3) is 22.3 Å². The van der Waals surface area contributed by atoms with Crippen molar-refractivity contribution < 1.29 is 4.79 Å². The Bertz CT molecular complexity index is 1500. The molecule has 5 rings (SSSR count). The molecule has 0 saturated carbocycles. The minimum absolute atomic E-state index is 0.112. The van der Waals surface area contributed by atoms with Crippen LogP contribution in [0.5, 0.6) is 0 Å². The monoisotopic (exact) mass is 480 g/mol. The van der Waals surface area contributed by atoms with E-state index in [1.807, 2.05) is 97.1 Å². The maximum atomic E-state index is 13.5. The molecule has 2 aromatic heterocycles. The Morgan fingerprint density at radius 1 is 0.886 bits per heavy atom. The summed E-state index contributed by atoms with van der Waals surface area (Å²) in [5.74, 6) is 0.0497. The lowest BCUT2D eigenvalue weighted by Crippen LogP contribution is -2.27. The molecule has 0 bridgehead atoms. The van der Waals surface area contributed by atoms with Gasteiger partial charge >= 0.3 is 0 Å². The van der Waals surface area contributed by atoms with Crippen LogP contribution >= 0.6 is 11.8 Å². The molecule has 0 spiro atoms. The maximum Gasteiger partial charge on any atom is 0.278 e. The standard InChI is InChI=1S/C28H24N4O2S/c33-25(29-17-20-10-4-1-5-11-20)19-35-28-31-24-16-23(22-14-8-3-9-15-22)30-26(24)27(34)32(28)18-21-12-6-2-7-13-21/h1-16,30H,17-19H2,(H,29,33). The maximum absolute atomic E-state index is 13.5. The van der Waals surface area contributed by atoms with Gasteiger partial charge in [-0.2, -0.15) is 0 Å². The molecular weight excluding hydrogens is 456 g/mol. The van der Waals surface area contributed by atoms with E-state index in [9.17, 15) is 9.59 Å². The Hall–Kier alpha value is -4.10. The summed E-state index contributed by atoms with van der Waals surface area (Å²) >= 11 is 1.27. The first-order chi connectivity index (χ1) is 17.2. The highest BCUT2D eigenvalue weighted by atomic mass is 32.2. The molecule has 7 heteroatoms. The summed E-state index contributed by atoms with van der Waals surface area (Å²) < 4.78 is 1.64. The zero-order chi connectivity index (χ0) is 24.0. The van der Waals surface area contributed by atoms with Crippen LogP contribution in [0, 0.1) is 0 Å². The van der Waals surface area contributed by atoms with Gasteiger partial charge in [-0.1, -0.05) is 103 Å². The Morgan fingerprint density at radius 3 is 2.20 bits per heavy atom. The van der Waals surface area contributed by atoms with Gasteiger partial charge in [0.15, 0.2) is 5.16 Å². The fourth-order valence-electron chi connectivity index (χ4n) is 3.85. The van der Waals surface area contributed by atoms with Crippen molar-refractivity contribution in [3.8, 4) is 11.3 Å². The normalized spacial score (nSPS) is 11.0. The van der Waals surface area contributed by atoms with Crippen LogP contribution in [-0.2, 0) is 17.9 Å². The molecule has 5 aromatic rings. The van der Waals surface area contributed by atoms with Crippen molar-refractivity contribution in [2.75, 3.05) is 5.75 Å². The average Bonchev–Trinajstić information content (AvgIpc) is 3.34. The molecule has 35 heavy (non-hydrogen) atoms. The van der Waals surface area contributed by atoms with Crippen molar-refractivity contribution in [1.82, 2.24) is 19.9 Å². The van der Waals surface area contributed by atoms with Crippen LogP contribution in [0.4, 0.5) is 0 Å². The lowest BCUT2D eigenvalue weighted by molar-refractivity contribution is -0.118. The third-order valence-corrected chi connectivity index (χ3v) is 6.61. The summed E-state index contributed by atoms with van der Waals surface area (Å²) in [6.07, 6.45) is 0. The number of carbonyl (C=O) groups excluding carboxylic acids is 1. The van der Waals surface area contributed by atoms with E-state index < -0.39 is 0 Å². The minimum atomic E-state index is -0.159. The Morgan fingerprint density at radius 2 is 1.51 bits per heavy atom. The highest BCUT2D eigenvalue weighted by Gasteiger charge is 2.16. The number of hydrogen-bond acceptors (Lipinski definition) is 4. The second-order valence-electron chi connectivity index (χ2n) is 8.13. The van der Waals surface area contributed by atoms with Crippen molar-refractivity contribution >= 4 is 28.7 Å². The van der Waals surface area contributed by atoms with Crippen LogP contribution in [0.15, 0.2) is 107 Å². The highest BCUT2D eigenvalue weighted by Crippen LogP contribution is 2.24. The van der Waals surface area contributed by atoms with Gasteiger partial charge in [0.25, 0.3) is 5.56 Å². The van der Waals surface area contributed by atoms with Gasteiger partial charge in [0.2, 0.25) is 5.91 Å². The van der Waals surface area contributed by atoms with Gasteiger partial charge in [-0.3, -0.25) is 14.2 Å². The molecule has 0 radical (unpaired) electrons. The van der Waals surface area contributed by atoms with Gasteiger partial charge in [-0.05, 0) is 22.8 Å². The zero-order valence-electron chi connectivity index (χ0n) is 19.0. The molecule has 0 atom stereocenters. The lowest BCUT2D eigenvalue weighted by atomic mass is 10.2. The number of H-pyrrole nitrogens is 1. The summed E-state index contributed by atoms with van der Waals surface area (Å²) in [4.78, 5) is 34.1. The molecule has 3 aromatic carbocycles. The summed E-state index contributed by atoms with van der Waals surface area (Å²) in [5.41, 5.74) is 4.72. The van der Waals surface area contributed by atoms with Crippen molar-refractivity contribution in [2.45, 2.75) is 18.2 Å². The largest absolute Gasteiger partial charge is 0.351 e. The zero-order valence-corrected chi connectivity index (χ0v) is 19.8. The van der Waals surface area contributed by atoms with Crippen LogP contribution in [-0.4, -0.2) is 26.2 Å². The molecule has 6 nitrogen and oxygen atoms in total. The van der Waals surface area contributed by atoms with Gasteiger partial charge in [0.05, 0.1) is 17.8 Å². The third-order valence-electron chi connectivity index (χ3n) is 5.64. The Balaban J connectivity index is 1.43. The molecule has 1 amide bonds. The van der Waals surface area contributed by atoms with Gasteiger partial charge in [0, 0.05) is 12.2 Å². The quantitative estimate of drug-likeness (QED) is 0.246. The number of aromatic amines is 1. The smallest absolute Gasteiger partial charge is 0.278 e. The highest BCUT2D eigenvalue weighted by molar-refractivity contribution is 7.99. The summed E-state index contributed by atoms with van der Waals surface area (Å²) in [6, 6.07) is 31.3. The van der Waals surface area contributed by atoms with Crippen LogP contribution in [0.1, 0.15) is 11.1 Å². The number of fused-ring (bicyclic) bond motifs is 1. The number of benzene rings is 3. The fourth-order valence-corrected chi connectivity index (χ4v) is 4.68. The second kappa shape index (κ2) is 10.4. The van der Waals surface area contributed by atoms with Crippen LogP contribution in [0.3, 0.4) is 0 Å². The van der Waals surface area contributed by atoms with E-state index in [-0.39, 0.29) is 17.2 Å². The van der Waals surface area contributed by atoms with E-state index in [2.05, 4.69) is 10.3 Å². The van der Waals surface area contributed by atoms with Crippen molar-refractivity contribution in [3.05, 3.63) is 119 Å². The first kappa shape index (κ1) is 22.7. The first-order valence-electron chi connectivity index (χ1n) is 11.3. The predicted molar refractivity (Wildman–Crippen MR) is 140 cm³/mol. The van der Waals surface area contributed by atoms with E-state index in [0.717, 1.165) is 22.4 Å². The van der Waals surface area contributed by atoms with Crippen LogP contribution < -0.4 is 10.9 Å². The van der Waals surface area contributed by atoms with Gasteiger partial charge in [0.1, 0.15) is 5.52 Å². The summed E-state index contributed by atoms with van der Waals surface area (Å²) in [5, 5.41) is 3.45. The lowest BCUT2D eigenvalue weighted by Gasteiger charge is -2.12. The van der Waals surface area contributed by atoms with Gasteiger partial charge in [-0.15, -0.1) is 0 Å².